The summed E-state index contributed by atoms with van der Waals surface area (Å²) in [6, 6.07) is 13.9. The second-order valence-corrected chi connectivity index (χ2v) is 10.8. The van der Waals surface area contributed by atoms with E-state index >= 15 is 0 Å². The Bertz CT molecular complexity index is 1370. The summed E-state index contributed by atoms with van der Waals surface area (Å²) >= 11 is 0. The normalized spacial score (nSPS) is 13.9. The van der Waals surface area contributed by atoms with Crippen LogP contribution in [0.4, 0.5) is 0 Å². The summed E-state index contributed by atoms with van der Waals surface area (Å²) in [6.07, 6.45) is 1.71. The van der Waals surface area contributed by atoms with E-state index in [2.05, 4.69) is 15.0 Å². The fourth-order valence-corrected chi connectivity index (χ4v) is 5.56. The summed E-state index contributed by atoms with van der Waals surface area (Å²) in [5, 5.41) is 0.322. The minimum absolute atomic E-state index is 0.195. The number of H-pyrrole nitrogens is 1. The molecule has 2 aromatic carbocycles. The number of pyridine rings is 1. The van der Waals surface area contributed by atoms with Crippen molar-refractivity contribution in [3.8, 4) is 17.2 Å². The molecular weight excluding hydrogens is 461 g/mol. The van der Waals surface area contributed by atoms with Crippen LogP contribution in [0.3, 0.4) is 0 Å². The first-order valence-electron chi connectivity index (χ1n) is 10.1. The summed E-state index contributed by atoms with van der Waals surface area (Å²) in [7, 11) is -3.25. The second kappa shape index (κ2) is 9.37. The van der Waals surface area contributed by atoms with Crippen LogP contribution in [0.5, 0.6) is 17.2 Å². The number of aromatic nitrogens is 3. The van der Waals surface area contributed by atoms with Crippen molar-refractivity contribution in [2.45, 2.75) is 24.8 Å². The van der Waals surface area contributed by atoms with Crippen molar-refractivity contribution in [3.63, 3.8) is 0 Å². The number of para-hydroxylation sites is 1. The third kappa shape index (κ3) is 5.26. The molecule has 0 radical (unpaired) electrons. The highest BCUT2D eigenvalue weighted by Crippen LogP contribution is 2.45. The van der Waals surface area contributed by atoms with E-state index in [0.29, 0.717) is 33.4 Å². The maximum atomic E-state index is 13.0. The summed E-state index contributed by atoms with van der Waals surface area (Å²) < 4.78 is 42.3. The standard InChI is InChI=1S/C23H24N3O5PS/c1-15-13-24-21(16(2)22(15)29-3)14-33(28)23-25-19-11-10-18(12-20(19)26-23)31-32(4,27)30-17-8-6-5-7-9-17/h5-13H,14H2,1-4H3,(H,25,26). The van der Waals surface area contributed by atoms with E-state index in [9.17, 15) is 8.77 Å². The van der Waals surface area contributed by atoms with Gasteiger partial charge < -0.3 is 18.8 Å². The van der Waals surface area contributed by atoms with Crippen molar-refractivity contribution in [2.24, 2.45) is 0 Å². The molecule has 0 amide bonds. The monoisotopic (exact) mass is 485 g/mol. The van der Waals surface area contributed by atoms with E-state index in [1.807, 2.05) is 19.9 Å². The Morgan fingerprint density at radius 2 is 1.79 bits per heavy atom. The molecule has 4 rings (SSSR count). The molecule has 172 valence electrons. The molecule has 2 atom stereocenters. The minimum Gasteiger partial charge on any atom is -0.496 e. The van der Waals surface area contributed by atoms with Gasteiger partial charge in [0.1, 0.15) is 17.2 Å². The minimum atomic E-state index is -3.40. The van der Waals surface area contributed by atoms with Gasteiger partial charge in [-0.15, -0.1) is 0 Å². The molecule has 33 heavy (non-hydrogen) atoms. The molecule has 2 aromatic heterocycles. The Labute approximate surface area is 194 Å². The van der Waals surface area contributed by atoms with Crippen molar-refractivity contribution in [3.05, 3.63) is 71.5 Å². The first-order chi connectivity index (χ1) is 15.8. The van der Waals surface area contributed by atoms with Gasteiger partial charge in [0.05, 0.1) is 47.1 Å². The van der Waals surface area contributed by atoms with Gasteiger partial charge in [0.25, 0.3) is 0 Å². The summed E-state index contributed by atoms with van der Waals surface area (Å²) in [5.41, 5.74) is 3.69. The van der Waals surface area contributed by atoms with E-state index in [4.69, 9.17) is 13.8 Å². The van der Waals surface area contributed by atoms with Gasteiger partial charge in [-0.1, -0.05) is 18.2 Å². The zero-order valence-corrected chi connectivity index (χ0v) is 20.4. The van der Waals surface area contributed by atoms with E-state index in [1.165, 1.54) is 6.66 Å². The lowest BCUT2D eigenvalue weighted by Crippen LogP contribution is -2.05. The molecule has 0 fully saturated rings. The predicted octanol–water partition coefficient (Wildman–Crippen LogP) is 5.17. The van der Waals surface area contributed by atoms with Gasteiger partial charge in [-0.2, -0.15) is 0 Å². The summed E-state index contributed by atoms with van der Waals surface area (Å²) in [4.78, 5) is 11.9. The maximum absolute atomic E-state index is 13.0. The number of hydrogen-bond acceptors (Lipinski definition) is 7. The molecule has 0 aliphatic heterocycles. The molecular formula is C23H24N3O5PS. The number of imidazole rings is 1. The number of nitrogens with one attached hydrogen (secondary N) is 1. The van der Waals surface area contributed by atoms with Crippen molar-refractivity contribution in [1.29, 1.82) is 0 Å². The maximum Gasteiger partial charge on any atom is 0.427 e. The number of aryl methyl sites for hydroxylation is 1. The fraction of sp³-hybridized carbons (Fsp3) is 0.217. The molecule has 1 N–H and O–H groups in total. The van der Waals surface area contributed by atoms with Crippen LogP contribution in [0, 0.1) is 13.8 Å². The van der Waals surface area contributed by atoms with Crippen molar-refractivity contribution in [1.82, 2.24) is 15.0 Å². The lowest BCUT2D eigenvalue weighted by molar-refractivity contribution is 0.393. The highest BCUT2D eigenvalue weighted by atomic mass is 32.2. The number of fused-ring (bicyclic) bond motifs is 1. The largest absolute Gasteiger partial charge is 0.496 e. The molecule has 4 aromatic rings. The highest BCUT2D eigenvalue weighted by Gasteiger charge is 2.21. The van der Waals surface area contributed by atoms with E-state index in [0.717, 1.165) is 16.9 Å². The predicted molar refractivity (Wildman–Crippen MR) is 128 cm³/mol. The number of methoxy groups -OCH3 is 1. The van der Waals surface area contributed by atoms with Gasteiger partial charge >= 0.3 is 7.60 Å². The summed E-state index contributed by atoms with van der Waals surface area (Å²) in [6.45, 7) is 5.22. The smallest absolute Gasteiger partial charge is 0.427 e. The number of ether oxygens (including phenoxy) is 1. The topological polar surface area (TPSA) is 103 Å². The van der Waals surface area contributed by atoms with Gasteiger partial charge in [-0.25, -0.2) is 9.55 Å². The molecule has 0 aliphatic carbocycles. The Balaban J connectivity index is 1.52. The van der Waals surface area contributed by atoms with Gasteiger partial charge in [0.15, 0.2) is 5.16 Å². The van der Waals surface area contributed by atoms with Crippen LogP contribution in [0.2, 0.25) is 0 Å². The van der Waals surface area contributed by atoms with Gasteiger partial charge in [0, 0.05) is 23.4 Å². The first-order valence-corrected chi connectivity index (χ1v) is 13.5. The van der Waals surface area contributed by atoms with Crippen LogP contribution in [-0.4, -0.2) is 32.9 Å². The Hall–Kier alpha value is -3.16. The third-order valence-electron chi connectivity index (χ3n) is 4.95. The zero-order valence-electron chi connectivity index (χ0n) is 18.7. The first kappa shape index (κ1) is 23.0. The van der Waals surface area contributed by atoms with Crippen molar-refractivity contribution < 1.29 is 22.6 Å². The number of aromatic amines is 1. The zero-order chi connectivity index (χ0) is 23.6. The molecule has 0 saturated heterocycles. The second-order valence-electron chi connectivity index (χ2n) is 7.52. The Morgan fingerprint density at radius 3 is 2.52 bits per heavy atom. The van der Waals surface area contributed by atoms with E-state index in [-0.39, 0.29) is 5.75 Å². The molecule has 0 aliphatic rings. The summed E-state index contributed by atoms with van der Waals surface area (Å²) in [5.74, 6) is 1.75. The Kier molecular flexibility index (Phi) is 6.54. The molecule has 8 nitrogen and oxygen atoms in total. The van der Waals surface area contributed by atoms with Crippen LogP contribution >= 0.6 is 7.60 Å². The van der Waals surface area contributed by atoms with Gasteiger partial charge in [-0.3, -0.25) is 9.19 Å². The van der Waals surface area contributed by atoms with E-state index in [1.54, 1.807) is 55.8 Å². The van der Waals surface area contributed by atoms with Crippen LogP contribution in [0.25, 0.3) is 11.0 Å². The lowest BCUT2D eigenvalue weighted by atomic mass is 10.1. The Morgan fingerprint density at radius 1 is 1.06 bits per heavy atom. The lowest BCUT2D eigenvalue weighted by Gasteiger charge is -2.16. The van der Waals surface area contributed by atoms with Crippen LogP contribution in [-0.2, 0) is 21.1 Å². The quantitative estimate of drug-likeness (QED) is 0.343. The SMILES string of the molecule is COc1c(C)cnc(CS(=O)c2nc3ccc(OP(C)(=O)Oc4ccccc4)cc3[nH]2)c1C. The fourth-order valence-electron chi connectivity index (χ4n) is 3.42. The number of benzene rings is 2. The molecule has 2 heterocycles. The molecule has 2 unspecified atom stereocenters. The van der Waals surface area contributed by atoms with Crippen LogP contribution < -0.4 is 13.8 Å². The average molecular weight is 486 g/mol. The average Bonchev–Trinajstić information content (AvgIpc) is 3.20. The number of rotatable bonds is 8. The van der Waals surface area contributed by atoms with Gasteiger partial charge in [-0.05, 0) is 38.1 Å². The van der Waals surface area contributed by atoms with Crippen LogP contribution in [0.1, 0.15) is 16.8 Å². The highest BCUT2D eigenvalue weighted by molar-refractivity contribution is 7.84. The van der Waals surface area contributed by atoms with Crippen LogP contribution in [0.15, 0.2) is 59.9 Å². The molecule has 0 spiro atoms. The number of hydrogen-bond donors (Lipinski definition) is 1. The van der Waals surface area contributed by atoms with Gasteiger partial charge in [0.2, 0.25) is 0 Å². The van der Waals surface area contributed by atoms with E-state index < -0.39 is 18.4 Å². The molecule has 10 heteroatoms. The molecule has 0 bridgehead atoms. The third-order valence-corrected chi connectivity index (χ3v) is 7.20. The van der Waals surface area contributed by atoms with Crippen molar-refractivity contribution in [2.75, 3.05) is 13.8 Å². The number of nitrogens with zero attached hydrogens (tertiary/aromatic N) is 2. The molecule has 0 saturated carbocycles. The van der Waals surface area contributed by atoms with Crippen molar-refractivity contribution >= 4 is 29.4 Å².